The molecular weight excluding hydrogens is 365 g/mol. The number of anilines is 2. The number of benzene rings is 1. The summed E-state index contributed by atoms with van der Waals surface area (Å²) in [5.41, 5.74) is 1.10. The fraction of sp³-hybridized carbons (Fsp3) is 0.350. The van der Waals surface area contributed by atoms with E-state index in [1.165, 1.54) is 19.2 Å². The molecule has 0 fully saturated rings. The van der Waals surface area contributed by atoms with Gasteiger partial charge in [-0.15, -0.1) is 0 Å². The lowest BCUT2D eigenvalue weighted by atomic mass is 10.0. The summed E-state index contributed by atoms with van der Waals surface area (Å²) >= 11 is 0. The Morgan fingerprint density at radius 3 is 2.32 bits per heavy atom. The van der Waals surface area contributed by atoms with Crippen LogP contribution in [-0.4, -0.2) is 29.9 Å². The number of nitrogens with one attached hydrogen (secondary N) is 2. The highest BCUT2D eigenvalue weighted by molar-refractivity contribution is 5.85. The van der Waals surface area contributed by atoms with Crippen LogP contribution in [0, 0.1) is 5.82 Å². The van der Waals surface area contributed by atoms with Gasteiger partial charge in [-0.25, -0.2) is 19.0 Å². The number of carbonyl (C=O) groups is 2. The van der Waals surface area contributed by atoms with E-state index in [2.05, 4.69) is 20.4 Å². The van der Waals surface area contributed by atoms with E-state index < -0.39 is 23.6 Å². The van der Waals surface area contributed by atoms with Gasteiger partial charge in [-0.1, -0.05) is 6.07 Å². The predicted octanol–water partition coefficient (Wildman–Crippen LogP) is 4.53. The summed E-state index contributed by atoms with van der Waals surface area (Å²) in [4.78, 5) is 27.0. The molecule has 1 aromatic carbocycles. The molecule has 0 aliphatic heterocycles. The first kappa shape index (κ1) is 21.1. The number of amides is 2. The molecule has 0 unspecified atom stereocenters. The summed E-state index contributed by atoms with van der Waals surface area (Å²) in [6, 6.07) is 8.17. The van der Waals surface area contributed by atoms with Crippen LogP contribution in [0.15, 0.2) is 36.5 Å². The zero-order valence-electron chi connectivity index (χ0n) is 16.3. The second-order valence-corrected chi connectivity index (χ2v) is 7.11. The highest BCUT2D eigenvalue weighted by Gasteiger charge is 2.17. The standard InChI is InChI=1S/C20H24FN3O4/c1-20(2,3)28-19(26)23-16-8-7-13(11-15(16)21)5-6-14-9-10-22-17(12-14)24-18(25)27-4/h7-12H,5-6H2,1-4H3,(H,23,26)(H,22,24,25). The van der Waals surface area contributed by atoms with Crippen LogP contribution in [0.5, 0.6) is 0 Å². The molecule has 2 rings (SSSR count). The molecule has 28 heavy (non-hydrogen) atoms. The largest absolute Gasteiger partial charge is 0.453 e. The van der Waals surface area contributed by atoms with Gasteiger partial charge < -0.3 is 9.47 Å². The van der Waals surface area contributed by atoms with Gasteiger partial charge in [-0.3, -0.25) is 10.6 Å². The minimum absolute atomic E-state index is 0.0616. The molecule has 0 spiro atoms. The number of rotatable bonds is 5. The van der Waals surface area contributed by atoms with E-state index in [-0.39, 0.29) is 5.69 Å². The average molecular weight is 389 g/mol. The summed E-state index contributed by atoms with van der Waals surface area (Å²) < 4.78 is 23.9. The third kappa shape index (κ3) is 6.86. The van der Waals surface area contributed by atoms with Crippen molar-refractivity contribution in [1.82, 2.24) is 4.98 Å². The van der Waals surface area contributed by atoms with Gasteiger partial charge >= 0.3 is 12.2 Å². The van der Waals surface area contributed by atoms with Crippen molar-refractivity contribution >= 4 is 23.7 Å². The summed E-state index contributed by atoms with van der Waals surface area (Å²) in [7, 11) is 1.27. The predicted molar refractivity (Wildman–Crippen MR) is 104 cm³/mol. The summed E-state index contributed by atoms with van der Waals surface area (Å²) in [6.07, 6.45) is 1.47. The van der Waals surface area contributed by atoms with Gasteiger partial charge in [0.1, 0.15) is 17.2 Å². The monoisotopic (exact) mass is 389 g/mol. The molecule has 150 valence electrons. The van der Waals surface area contributed by atoms with Gasteiger partial charge in [-0.05, 0) is 69.0 Å². The first-order chi connectivity index (χ1) is 13.2. The number of nitrogens with zero attached hydrogens (tertiary/aromatic N) is 1. The van der Waals surface area contributed by atoms with E-state index >= 15 is 0 Å². The fourth-order valence-corrected chi connectivity index (χ4v) is 2.37. The van der Waals surface area contributed by atoms with E-state index in [1.807, 2.05) is 6.07 Å². The topological polar surface area (TPSA) is 89.6 Å². The number of aryl methyl sites for hydroxylation is 2. The molecule has 2 aromatic rings. The maximum absolute atomic E-state index is 14.3. The normalized spacial score (nSPS) is 10.9. The van der Waals surface area contributed by atoms with Gasteiger partial charge in [0.05, 0.1) is 12.8 Å². The second-order valence-electron chi connectivity index (χ2n) is 7.11. The van der Waals surface area contributed by atoms with Crippen molar-refractivity contribution in [2.75, 3.05) is 17.7 Å². The van der Waals surface area contributed by atoms with E-state index in [0.29, 0.717) is 18.7 Å². The Morgan fingerprint density at radius 2 is 1.71 bits per heavy atom. The van der Waals surface area contributed by atoms with Gasteiger partial charge in [0, 0.05) is 6.20 Å². The van der Waals surface area contributed by atoms with E-state index in [4.69, 9.17) is 4.74 Å². The third-order valence-corrected chi connectivity index (χ3v) is 3.61. The molecule has 0 aliphatic carbocycles. The Hall–Kier alpha value is -3.16. The number of pyridine rings is 1. The minimum Gasteiger partial charge on any atom is -0.453 e. The number of halogens is 1. The van der Waals surface area contributed by atoms with Gasteiger partial charge in [0.15, 0.2) is 0 Å². The molecule has 0 aliphatic rings. The lowest BCUT2D eigenvalue weighted by Gasteiger charge is -2.19. The zero-order valence-corrected chi connectivity index (χ0v) is 16.3. The summed E-state index contributed by atoms with van der Waals surface area (Å²) in [6.45, 7) is 5.20. The molecule has 2 amide bonds. The van der Waals surface area contributed by atoms with Crippen molar-refractivity contribution in [3.8, 4) is 0 Å². The Labute approximate surface area is 163 Å². The number of methoxy groups -OCH3 is 1. The summed E-state index contributed by atoms with van der Waals surface area (Å²) in [5.74, 6) is -0.154. The minimum atomic E-state index is -0.707. The van der Waals surface area contributed by atoms with Crippen molar-refractivity contribution in [2.45, 2.75) is 39.2 Å². The molecular formula is C20H24FN3O4. The van der Waals surface area contributed by atoms with Crippen LogP contribution in [0.3, 0.4) is 0 Å². The van der Waals surface area contributed by atoms with Crippen molar-refractivity contribution in [3.05, 3.63) is 53.5 Å². The molecule has 7 nitrogen and oxygen atoms in total. The lowest BCUT2D eigenvalue weighted by molar-refractivity contribution is 0.0635. The SMILES string of the molecule is COC(=O)Nc1cc(CCc2ccc(NC(=O)OC(C)(C)C)c(F)c2)ccn1. The first-order valence-electron chi connectivity index (χ1n) is 8.74. The van der Waals surface area contributed by atoms with Crippen LogP contribution in [0.1, 0.15) is 31.9 Å². The quantitative estimate of drug-likeness (QED) is 0.784. The number of aromatic nitrogens is 1. The van der Waals surface area contributed by atoms with E-state index in [0.717, 1.165) is 11.1 Å². The molecule has 0 saturated heterocycles. The van der Waals surface area contributed by atoms with Crippen LogP contribution in [-0.2, 0) is 22.3 Å². The Bertz CT molecular complexity index is 850. The number of carbonyl (C=O) groups excluding carboxylic acids is 2. The molecule has 0 bridgehead atoms. The highest BCUT2D eigenvalue weighted by Crippen LogP contribution is 2.19. The molecule has 1 aromatic heterocycles. The highest BCUT2D eigenvalue weighted by atomic mass is 19.1. The molecule has 1 heterocycles. The zero-order chi connectivity index (χ0) is 20.7. The first-order valence-corrected chi connectivity index (χ1v) is 8.74. The van der Waals surface area contributed by atoms with Crippen molar-refractivity contribution < 1.29 is 23.5 Å². The molecule has 0 radical (unpaired) electrons. The van der Waals surface area contributed by atoms with E-state index in [1.54, 1.807) is 39.1 Å². The van der Waals surface area contributed by atoms with Crippen molar-refractivity contribution in [1.29, 1.82) is 0 Å². The maximum atomic E-state index is 14.3. The third-order valence-electron chi connectivity index (χ3n) is 3.61. The molecule has 0 atom stereocenters. The van der Waals surface area contributed by atoms with Crippen LogP contribution in [0.25, 0.3) is 0 Å². The van der Waals surface area contributed by atoms with Crippen LogP contribution in [0.4, 0.5) is 25.5 Å². The fourth-order valence-electron chi connectivity index (χ4n) is 2.37. The Kier molecular flexibility index (Phi) is 6.92. The lowest BCUT2D eigenvalue weighted by Crippen LogP contribution is -2.27. The second kappa shape index (κ2) is 9.16. The van der Waals surface area contributed by atoms with Crippen LogP contribution >= 0.6 is 0 Å². The average Bonchev–Trinajstić information content (AvgIpc) is 2.60. The number of hydrogen-bond donors (Lipinski definition) is 2. The Balaban J connectivity index is 1.97. The molecule has 8 heteroatoms. The van der Waals surface area contributed by atoms with Crippen molar-refractivity contribution in [2.24, 2.45) is 0 Å². The molecule has 2 N–H and O–H groups in total. The van der Waals surface area contributed by atoms with Crippen LogP contribution in [0.2, 0.25) is 0 Å². The summed E-state index contributed by atoms with van der Waals surface area (Å²) in [5, 5.41) is 4.90. The smallest absolute Gasteiger partial charge is 0.412 e. The number of ether oxygens (including phenoxy) is 2. The molecule has 0 saturated carbocycles. The maximum Gasteiger partial charge on any atom is 0.412 e. The van der Waals surface area contributed by atoms with E-state index in [9.17, 15) is 14.0 Å². The van der Waals surface area contributed by atoms with Gasteiger partial charge in [-0.2, -0.15) is 0 Å². The van der Waals surface area contributed by atoms with Gasteiger partial charge in [0.25, 0.3) is 0 Å². The number of hydrogen-bond acceptors (Lipinski definition) is 5. The Morgan fingerprint density at radius 1 is 1.04 bits per heavy atom. The van der Waals surface area contributed by atoms with Crippen LogP contribution < -0.4 is 10.6 Å². The van der Waals surface area contributed by atoms with Gasteiger partial charge in [0.2, 0.25) is 0 Å². The van der Waals surface area contributed by atoms with Crippen molar-refractivity contribution in [3.63, 3.8) is 0 Å².